The normalized spacial score (nSPS) is 10.9. The van der Waals surface area contributed by atoms with E-state index in [1.165, 1.54) is 16.9 Å². The predicted molar refractivity (Wildman–Crippen MR) is 118 cm³/mol. The number of nitrogens with zero attached hydrogens (tertiary/aromatic N) is 1. The Kier molecular flexibility index (Phi) is 12.9. The first-order valence-corrected chi connectivity index (χ1v) is 11.1. The molecule has 1 aromatic heterocycles. The molecule has 8 heteroatoms. The van der Waals surface area contributed by atoms with Crippen LogP contribution in [0.25, 0.3) is 0 Å². The first kappa shape index (κ1) is 23.4. The van der Waals surface area contributed by atoms with E-state index in [1.807, 2.05) is 6.07 Å². The molecule has 0 aliphatic carbocycles. The van der Waals surface area contributed by atoms with Crippen molar-refractivity contribution >= 4 is 17.3 Å². The number of esters is 1. The van der Waals surface area contributed by atoms with Gasteiger partial charge in [-0.3, -0.25) is 9.78 Å². The molecule has 2 aromatic rings. The van der Waals surface area contributed by atoms with Gasteiger partial charge in [-0.15, -0.1) is 11.3 Å². The molecule has 160 valence electrons. The smallest absolute Gasteiger partial charge is 0.320 e. The molecule has 0 saturated heterocycles. The molecule has 29 heavy (non-hydrogen) atoms. The standard InChI is InChI=1S/C21H33N5O2S/c27-21(28-16-20-14-26-18-29-20)15-23-10-5-4-9-22-12-13-25-17-24-11-8-19-6-2-1-3-7-19/h1-3,6-7,14,18,22-25H,4-5,8-13,15-17H2. The number of thiazole rings is 1. The number of aromatic nitrogens is 1. The summed E-state index contributed by atoms with van der Waals surface area (Å²) in [7, 11) is 0. The predicted octanol–water partition coefficient (Wildman–Crippen LogP) is 1.53. The summed E-state index contributed by atoms with van der Waals surface area (Å²) < 4.78 is 5.16. The van der Waals surface area contributed by atoms with E-state index in [4.69, 9.17) is 4.74 Å². The van der Waals surface area contributed by atoms with Gasteiger partial charge in [0, 0.05) is 32.5 Å². The molecule has 0 fully saturated rings. The van der Waals surface area contributed by atoms with Crippen molar-refractivity contribution in [3.8, 4) is 0 Å². The van der Waals surface area contributed by atoms with Crippen molar-refractivity contribution in [3.05, 3.63) is 52.5 Å². The van der Waals surface area contributed by atoms with Crippen molar-refractivity contribution in [1.82, 2.24) is 26.3 Å². The molecule has 0 bridgehead atoms. The van der Waals surface area contributed by atoms with Crippen LogP contribution >= 0.6 is 11.3 Å². The van der Waals surface area contributed by atoms with Gasteiger partial charge in [0.15, 0.2) is 0 Å². The summed E-state index contributed by atoms with van der Waals surface area (Å²) in [6, 6.07) is 10.5. The Morgan fingerprint density at radius 1 is 0.931 bits per heavy atom. The molecule has 0 unspecified atom stereocenters. The van der Waals surface area contributed by atoms with Gasteiger partial charge < -0.3 is 26.0 Å². The molecule has 7 nitrogen and oxygen atoms in total. The fourth-order valence-corrected chi connectivity index (χ4v) is 3.16. The lowest BCUT2D eigenvalue weighted by atomic mass is 10.1. The minimum atomic E-state index is -0.222. The summed E-state index contributed by atoms with van der Waals surface area (Å²) in [5, 5.41) is 13.3. The van der Waals surface area contributed by atoms with E-state index < -0.39 is 0 Å². The fourth-order valence-electron chi connectivity index (χ4n) is 2.65. The highest BCUT2D eigenvalue weighted by atomic mass is 32.1. The Morgan fingerprint density at radius 3 is 2.48 bits per heavy atom. The maximum atomic E-state index is 11.6. The number of hydrogen-bond acceptors (Lipinski definition) is 8. The van der Waals surface area contributed by atoms with Gasteiger partial charge in [0.25, 0.3) is 0 Å². The van der Waals surface area contributed by atoms with Crippen LogP contribution < -0.4 is 21.3 Å². The molecule has 4 N–H and O–H groups in total. The van der Waals surface area contributed by atoms with E-state index in [2.05, 4.69) is 50.5 Å². The molecule has 0 aliphatic heterocycles. The summed E-state index contributed by atoms with van der Waals surface area (Å²) >= 11 is 1.49. The van der Waals surface area contributed by atoms with Gasteiger partial charge in [-0.25, -0.2) is 0 Å². The number of unbranched alkanes of at least 4 members (excludes halogenated alkanes) is 1. The monoisotopic (exact) mass is 419 g/mol. The molecule has 0 atom stereocenters. The second kappa shape index (κ2) is 16.0. The highest BCUT2D eigenvalue weighted by Crippen LogP contribution is 2.06. The first-order valence-electron chi connectivity index (χ1n) is 10.2. The van der Waals surface area contributed by atoms with E-state index in [1.54, 1.807) is 11.7 Å². The van der Waals surface area contributed by atoms with Crippen LogP contribution in [0.2, 0.25) is 0 Å². The summed E-state index contributed by atoms with van der Waals surface area (Å²) in [6.07, 6.45) is 4.89. The zero-order chi connectivity index (χ0) is 20.4. The highest BCUT2D eigenvalue weighted by Gasteiger charge is 2.03. The third-order valence-corrected chi connectivity index (χ3v) is 5.00. The van der Waals surface area contributed by atoms with Crippen LogP contribution in [0.5, 0.6) is 0 Å². The van der Waals surface area contributed by atoms with Gasteiger partial charge in [0.2, 0.25) is 0 Å². The minimum Gasteiger partial charge on any atom is -0.459 e. The zero-order valence-electron chi connectivity index (χ0n) is 17.0. The Hall–Kier alpha value is -1.84. The second-order valence-electron chi connectivity index (χ2n) is 6.67. The number of rotatable bonds is 17. The van der Waals surface area contributed by atoms with Crippen LogP contribution in [0, 0.1) is 0 Å². The van der Waals surface area contributed by atoms with Crippen LogP contribution in [0.4, 0.5) is 0 Å². The third kappa shape index (κ3) is 12.4. The van der Waals surface area contributed by atoms with Gasteiger partial charge >= 0.3 is 5.97 Å². The summed E-state index contributed by atoms with van der Waals surface area (Å²) in [5.74, 6) is -0.222. The molecular weight excluding hydrogens is 386 g/mol. The van der Waals surface area contributed by atoms with E-state index >= 15 is 0 Å². The van der Waals surface area contributed by atoms with Crippen molar-refractivity contribution in [3.63, 3.8) is 0 Å². The van der Waals surface area contributed by atoms with Crippen molar-refractivity contribution in [2.75, 3.05) is 45.9 Å². The SMILES string of the molecule is O=C(CNCCCCNCCNCNCCc1ccccc1)OCc1cncs1. The Labute approximate surface area is 177 Å². The molecule has 0 aliphatic rings. The van der Waals surface area contributed by atoms with Crippen molar-refractivity contribution in [2.45, 2.75) is 25.9 Å². The maximum absolute atomic E-state index is 11.6. The van der Waals surface area contributed by atoms with Gasteiger partial charge in [-0.1, -0.05) is 30.3 Å². The number of nitrogens with one attached hydrogen (secondary N) is 4. The third-order valence-electron chi connectivity index (χ3n) is 4.25. The van der Waals surface area contributed by atoms with E-state index in [9.17, 15) is 4.79 Å². The van der Waals surface area contributed by atoms with Gasteiger partial charge in [-0.05, 0) is 37.9 Å². The Balaban J connectivity index is 1.27. The van der Waals surface area contributed by atoms with E-state index in [0.29, 0.717) is 6.61 Å². The average Bonchev–Trinajstić information content (AvgIpc) is 3.27. The van der Waals surface area contributed by atoms with Crippen LogP contribution in [0.1, 0.15) is 23.3 Å². The summed E-state index contributed by atoms with van der Waals surface area (Å²) in [5.41, 5.74) is 3.10. The largest absolute Gasteiger partial charge is 0.459 e. The van der Waals surface area contributed by atoms with E-state index in [-0.39, 0.29) is 12.5 Å². The zero-order valence-corrected chi connectivity index (χ0v) is 17.8. The lowest BCUT2D eigenvalue weighted by Gasteiger charge is -2.08. The van der Waals surface area contributed by atoms with E-state index in [0.717, 1.165) is 63.5 Å². The Morgan fingerprint density at radius 2 is 1.69 bits per heavy atom. The number of benzene rings is 1. The molecule has 1 aromatic carbocycles. The lowest BCUT2D eigenvalue weighted by Crippen LogP contribution is -2.35. The highest BCUT2D eigenvalue weighted by molar-refractivity contribution is 7.09. The van der Waals surface area contributed by atoms with Crippen LogP contribution in [0.15, 0.2) is 42.0 Å². The minimum absolute atomic E-state index is 0.222. The quantitative estimate of drug-likeness (QED) is 0.176. The molecule has 2 rings (SSSR count). The van der Waals surface area contributed by atoms with Crippen molar-refractivity contribution < 1.29 is 9.53 Å². The molecular formula is C21H33N5O2S. The van der Waals surface area contributed by atoms with Gasteiger partial charge in [0.05, 0.1) is 16.9 Å². The number of carbonyl (C=O) groups is 1. The van der Waals surface area contributed by atoms with Gasteiger partial charge in [0.1, 0.15) is 6.61 Å². The van der Waals surface area contributed by atoms with Crippen LogP contribution in [-0.4, -0.2) is 56.9 Å². The molecule has 0 radical (unpaired) electrons. The second-order valence-corrected chi connectivity index (χ2v) is 7.65. The Bertz CT molecular complexity index is 640. The fraction of sp³-hybridized carbons (Fsp3) is 0.524. The number of hydrogen-bond donors (Lipinski definition) is 4. The molecule has 0 amide bonds. The molecule has 0 saturated carbocycles. The topological polar surface area (TPSA) is 87.3 Å². The summed E-state index contributed by atoms with van der Waals surface area (Å²) in [6.45, 7) is 6.09. The maximum Gasteiger partial charge on any atom is 0.320 e. The number of ether oxygens (including phenoxy) is 1. The molecule has 0 spiro atoms. The first-order chi connectivity index (χ1) is 14.3. The average molecular weight is 420 g/mol. The van der Waals surface area contributed by atoms with Gasteiger partial charge in [-0.2, -0.15) is 0 Å². The van der Waals surface area contributed by atoms with Crippen LogP contribution in [0.3, 0.4) is 0 Å². The van der Waals surface area contributed by atoms with Crippen LogP contribution in [-0.2, 0) is 22.6 Å². The summed E-state index contributed by atoms with van der Waals surface area (Å²) in [4.78, 5) is 16.5. The number of carbonyl (C=O) groups excluding carboxylic acids is 1. The molecule has 1 heterocycles. The lowest BCUT2D eigenvalue weighted by molar-refractivity contribution is -0.143. The van der Waals surface area contributed by atoms with Crippen molar-refractivity contribution in [2.24, 2.45) is 0 Å². The van der Waals surface area contributed by atoms with Crippen molar-refractivity contribution in [1.29, 1.82) is 0 Å².